The second-order valence-corrected chi connectivity index (χ2v) is 8.54. The predicted molar refractivity (Wildman–Crippen MR) is 92.0 cm³/mol. The van der Waals surface area contributed by atoms with Gasteiger partial charge in [-0.3, -0.25) is 0 Å². The maximum Gasteiger partial charge on any atom is 0.226 e. The van der Waals surface area contributed by atoms with Gasteiger partial charge in [-0.05, 0) is 24.8 Å². The maximum absolute atomic E-state index is 12.3. The summed E-state index contributed by atoms with van der Waals surface area (Å²) in [7, 11) is -2.01. The molecule has 0 amide bonds. The van der Waals surface area contributed by atoms with Crippen LogP contribution in [0.15, 0.2) is 39.2 Å². The molecule has 24 heavy (non-hydrogen) atoms. The van der Waals surface area contributed by atoms with Crippen LogP contribution in [0.25, 0.3) is 0 Å². The van der Waals surface area contributed by atoms with Crippen LogP contribution in [0, 0.1) is 0 Å². The van der Waals surface area contributed by atoms with Crippen LogP contribution in [-0.2, 0) is 34.0 Å². The normalized spacial score (nSPS) is 16.3. The number of benzene rings is 1. The summed E-state index contributed by atoms with van der Waals surface area (Å²) >= 11 is 0. The lowest BCUT2D eigenvalue weighted by Crippen LogP contribution is -2.02. The molecule has 0 N–H and O–H groups in total. The Morgan fingerprint density at radius 2 is 2.00 bits per heavy atom. The van der Waals surface area contributed by atoms with Crippen molar-refractivity contribution in [1.82, 2.24) is 10.1 Å². The van der Waals surface area contributed by atoms with Gasteiger partial charge in [0.1, 0.15) is 6.54 Å². The number of rotatable bonds is 8. The van der Waals surface area contributed by atoms with Crippen LogP contribution in [0.1, 0.15) is 36.5 Å². The fourth-order valence-corrected chi connectivity index (χ4v) is 4.73. The number of ether oxygens (including phenoxy) is 1. The first kappa shape index (κ1) is 17.1. The summed E-state index contributed by atoms with van der Waals surface area (Å²) in [6, 6.07) is 10.1. The first-order valence-electron chi connectivity index (χ1n) is 8.35. The Hall–Kier alpha value is -1.73. The van der Waals surface area contributed by atoms with Crippen LogP contribution < -0.4 is 0 Å². The minimum atomic E-state index is -2.01. The van der Waals surface area contributed by atoms with Gasteiger partial charge >= 0.3 is 0 Å². The molecule has 0 saturated carbocycles. The van der Waals surface area contributed by atoms with E-state index in [0.29, 0.717) is 42.9 Å². The molecule has 2 aromatic rings. The number of hydrogen-bond donors (Lipinski definition) is 0. The summed E-state index contributed by atoms with van der Waals surface area (Å²) in [4.78, 5) is 4.31. The molecule has 0 radical (unpaired) electrons. The molecule has 1 saturated heterocycles. The van der Waals surface area contributed by atoms with E-state index in [9.17, 15) is 4.21 Å². The molecule has 0 atom stereocenters. The van der Waals surface area contributed by atoms with Crippen molar-refractivity contribution in [3.8, 4) is 0 Å². The average molecular weight is 349 g/mol. The lowest BCUT2D eigenvalue weighted by Gasteiger charge is -2.02. The first-order valence-corrected chi connectivity index (χ1v) is 10.2. The highest BCUT2D eigenvalue weighted by Gasteiger charge is 2.16. The highest BCUT2D eigenvalue weighted by atomic mass is 32.2. The van der Waals surface area contributed by atoms with Crippen molar-refractivity contribution in [1.29, 1.82) is 0 Å². The molecule has 0 spiro atoms. The van der Waals surface area contributed by atoms with E-state index in [1.165, 1.54) is 5.56 Å². The van der Waals surface area contributed by atoms with E-state index in [-0.39, 0.29) is 6.54 Å². The molecule has 1 aliphatic rings. The van der Waals surface area contributed by atoms with Gasteiger partial charge in [0, 0.05) is 34.3 Å². The SMILES string of the molecule is O=S1(=NCc2noc(CCCOCc3ccccc3)n2)CCCC1. The number of hydrogen-bond acceptors (Lipinski definition) is 6. The van der Waals surface area contributed by atoms with E-state index in [2.05, 4.69) is 14.5 Å². The van der Waals surface area contributed by atoms with Gasteiger partial charge in [-0.15, -0.1) is 0 Å². The third kappa shape index (κ3) is 5.14. The Morgan fingerprint density at radius 1 is 1.21 bits per heavy atom. The standard InChI is InChI=1S/C17H23N3O3S/c21-24(11-4-5-12-24)18-13-16-19-17(23-20-16)9-6-10-22-14-15-7-2-1-3-8-15/h1-3,7-8H,4-6,9-14H2. The van der Waals surface area contributed by atoms with Crippen LogP contribution in [0.3, 0.4) is 0 Å². The lowest BCUT2D eigenvalue weighted by molar-refractivity contribution is 0.117. The number of aryl methyl sites for hydroxylation is 1. The monoisotopic (exact) mass is 349 g/mol. The zero-order valence-corrected chi connectivity index (χ0v) is 14.5. The lowest BCUT2D eigenvalue weighted by atomic mass is 10.2. The summed E-state index contributed by atoms with van der Waals surface area (Å²) in [6.07, 6.45) is 3.51. The molecule has 0 unspecified atom stereocenters. The zero-order valence-electron chi connectivity index (χ0n) is 13.7. The van der Waals surface area contributed by atoms with Gasteiger partial charge in [0.25, 0.3) is 0 Å². The van der Waals surface area contributed by atoms with E-state index in [1.807, 2.05) is 30.3 Å². The van der Waals surface area contributed by atoms with Crippen molar-refractivity contribution >= 4 is 9.73 Å². The summed E-state index contributed by atoms with van der Waals surface area (Å²) in [5, 5.41) is 3.91. The molecule has 1 aromatic carbocycles. The predicted octanol–water partition coefficient (Wildman–Crippen LogP) is 2.98. The van der Waals surface area contributed by atoms with E-state index in [4.69, 9.17) is 9.26 Å². The fraction of sp³-hybridized carbons (Fsp3) is 0.529. The van der Waals surface area contributed by atoms with E-state index in [0.717, 1.165) is 19.3 Å². The molecule has 1 aromatic heterocycles. The largest absolute Gasteiger partial charge is 0.377 e. The van der Waals surface area contributed by atoms with E-state index < -0.39 is 9.73 Å². The Morgan fingerprint density at radius 3 is 2.79 bits per heavy atom. The molecular weight excluding hydrogens is 326 g/mol. The highest BCUT2D eigenvalue weighted by molar-refractivity contribution is 7.93. The van der Waals surface area contributed by atoms with Crippen LogP contribution >= 0.6 is 0 Å². The van der Waals surface area contributed by atoms with Gasteiger partial charge in [0.15, 0.2) is 5.82 Å². The third-order valence-electron chi connectivity index (χ3n) is 3.92. The van der Waals surface area contributed by atoms with Crippen molar-refractivity contribution in [3.63, 3.8) is 0 Å². The fourth-order valence-electron chi connectivity index (χ4n) is 2.61. The first-order chi connectivity index (χ1) is 11.7. The third-order valence-corrected chi connectivity index (χ3v) is 6.37. The van der Waals surface area contributed by atoms with Gasteiger partial charge in [-0.2, -0.15) is 4.98 Å². The summed E-state index contributed by atoms with van der Waals surface area (Å²) in [5.74, 6) is 2.52. The molecular formula is C17H23N3O3S. The quantitative estimate of drug-likeness (QED) is 0.685. The number of nitrogens with zero attached hydrogens (tertiary/aromatic N) is 3. The Bertz CT molecular complexity index is 739. The average Bonchev–Trinajstić information content (AvgIpc) is 3.23. The maximum atomic E-state index is 12.3. The van der Waals surface area contributed by atoms with Gasteiger partial charge in [0.2, 0.25) is 5.89 Å². The molecule has 130 valence electrons. The topological polar surface area (TPSA) is 77.6 Å². The Kier molecular flexibility index (Phi) is 5.98. The van der Waals surface area contributed by atoms with Crippen LogP contribution in [-0.4, -0.2) is 32.5 Å². The van der Waals surface area contributed by atoms with Gasteiger partial charge in [-0.1, -0.05) is 35.5 Å². The van der Waals surface area contributed by atoms with Crippen molar-refractivity contribution in [3.05, 3.63) is 47.6 Å². The van der Waals surface area contributed by atoms with Crippen LogP contribution in [0.5, 0.6) is 0 Å². The minimum absolute atomic E-state index is 0.285. The minimum Gasteiger partial charge on any atom is -0.377 e. The zero-order chi connectivity index (χ0) is 16.7. The molecule has 3 rings (SSSR count). The molecule has 0 aliphatic carbocycles. The van der Waals surface area contributed by atoms with Gasteiger partial charge in [0.05, 0.1) is 6.61 Å². The Labute approximate surface area is 142 Å². The van der Waals surface area contributed by atoms with Crippen LogP contribution in [0.2, 0.25) is 0 Å². The van der Waals surface area contributed by atoms with Crippen molar-refractivity contribution < 1.29 is 13.5 Å². The highest BCUT2D eigenvalue weighted by Crippen LogP contribution is 2.14. The molecule has 2 heterocycles. The summed E-state index contributed by atoms with van der Waals surface area (Å²) in [6.45, 7) is 1.54. The summed E-state index contributed by atoms with van der Waals surface area (Å²) < 4.78 is 27.4. The molecule has 1 fully saturated rings. The summed E-state index contributed by atoms with van der Waals surface area (Å²) in [5.41, 5.74) is 1.17. The van der Waals surface area contributed by atoms with Crippen molar-refractivity contribution in [2.45, 2.75) is 38.8 Å². The molecule has 0 bridgehead atoms. The van der Waals surface area contributed by atoms with Gasteiger partial charge in [-0.25, -0.2) is 8.57 Å². The second kappa shape index (κ2) is 8.39. The van der Waals surface area contributed by atoms with Gasteiger partial charge < -0.3 is 9.26 Å². The Balaban J connectivity index is 1.38. The van der Waals surface area contributed by atoms with E-state index >= 15 is 0 Å². The van der Waals surface area contributed by atoms with E-state index in [1.54, 1.807) is 0 Å². The van der Waals surface area contributed by atoms with Crippen LogP contribution in [0.4, 0.5) is 0 Å². The smallest absolute Gasteiger partial charge is 0.226 e. The number of aromatic nitrogens is 2. The van der Waals surface area contributed by atoms with Crippen molar-refractivity contribution in [2.75, 3.05) is 18.1 Å². The molecule has 7 heteroatoms. The van der Waals surface area contributed by atoms with Crippen molar-refractivity contribution in [2.24, 2.45) is 4.36 Å². The second-order valence-electron chi connectivity index (χ2n) is 5.92. The molecule has 6 nitrogen and oxygen atoms in total. The molecule has 1 aliphatic heterocycles.